The van der Waals surface area contributed by atoms with Crippen LogP contribution in [-0.4, -0.2) is 38.7 Å². The summed E-state index contributed by atoms with van der Waals surface area (Å²) >= 11 is 0. The third kappa shape index (κ3) is 4.14. The van der Waals surface area contributed by atoms with Crippen LogP contribution in [0.3, 0.4) is 0 Å². The van der Waals surface area contributed by atoms with Gasteiger partial charge in [-0.15, -0.1) is 0 Å². The van der Waals surface area contributed by atoms with E-state index in [-0.39, 0.29) is 11.3 Å². The molecule has 0 spiro atoms. The van der Waals surface area contributed by atoms with Gasteiger partial charge in [-0.2, -0.15) is 5.10 Å². The summed E-state index contributed by atoms with van der Waals surface area (Å²) in [6.45, 7) is 10.7. The minimum atomic E-state index is -0.301. The number of pyridine rings is 1. The van der Waals surface area contributed by atoms with Crippen LogP contribution in [0.2, 0.25) is 0 Å². The van der Waals surface area contributed by atoms with E-state index in [1.54, 1.807) is 0 Å². The molecule has 0 aliphatic carbocycles. The van der Waals surface area contributed by atoms with Crippen molar-refractivity contribution in [2.75, 3.05) is 13.1 Å². The molecule has 5 heteroatoms. The number of aromatic nitrogens is 3. The largest absolute Gasteiger partial charge is 0.342 e. The van der Waals surface area contributed by atoms with Gasteiger partial charge in [0.1, 0.15) is 0 Å². The molecule has 26 heavy (non-hydrogen) atoms. The number of aryl methyl sites for hydroxylation is 1. The summed E-state index contributed by atoms with van der Waals surface area (Å²) in [5, 5.41) is 4.40. The van der Waals surface area contributed by atoms with Gasteiger partial charge >= 0.3 is 0 Å². The molecule has 1 saturated heterocycles. The Labute approximate surface area is 156 Å². The molecule has 0 radical (unpaired) electrons. The average Bonchev–Trinajstić information content (AvgIpc) is 3.23. The molecule has 2 aromatic heterocycles. The SMILES string of the molecule is CCCn1nccc1-c1cccc(C[C@H]2CCN(C(=O)C(C)(C)C)C2)n1. The van der Waals surface area contributed by atoms with E-state index in [1.807, 2.05) is 42.6 Å². The first kappa shape index (κ1) is 18.6. The van der Waals surface area contributed by atoms with E-state index in [0.717, 1.165) is 56.0 Å². The molecular weight excluding hydrogens is 324 g/mol. The van der Waals surface area contributed by atoms with Gasteiger partial charge in [0.25, 0.3) is 0 Å². The number of likely N-dealkylation sites (tertiary alicyclic amines) is 1. The first-order valence-electron chi connectivity index (χ1n) is 9.66. The maximum Gasteiger partial charge on any atom is 0.227 e. The molecule has 1 fully saturated rings. The van der Waals surface area contributed by atoms with Gasteiger partial charge in [-0.3, -0.25) is 14.5 Å². The van der Waals surface area contributed by atoms with E-state index in [1.165, 1.54) is 0 Å². The quantitative estimate of drug-likeness (QED) is 0.821. The minimum Gasteiger partial charge on any atom is -0.342 e. The molecule has 1 amide bonds. The Balaban J connectivity index is 1.68. The third-order valence-electron chi connectivity index (χ3n) is 4.93. The second-order valence-corrected chi connectivity index (χ2v) is 8.31. The van der Waals surface area contributed by atoms with Gasteiger partial charge in [0.05, 0.1) is 11.4 Å². The van der Waals surface area contributed by atoms with Gasteiger partial charge in [-0.1, -0.05) is 33.8 Å². The van der Waals surface area contributed by atoms with Gasteiger partial charge in [-0.25, -0.2) is 0 Å². The van der Waals surface area contributed by atoms with Crippen molar-refractivity contribution < 1.29 is 4.79 Å². The van der Waals surface area contributed by atoms with Crippen LogP contribution in [0.1, 0.15) is 46.2 Å². The number of carbonyl (C=O) groups is 1. The summed E-state index contributed by atoms with van der Waals surface area (Å²) in [4.78, 5) is 19.4. The topological polar surface area (TPSA) is 51.0 Å². The molecule has 5 nitrogen and oxygen atoms in total. The highest BCUT2D eigenvalue weighted by molar-refractivity contribution is 5.81. The summed E-state index contributed by atoms with van der Waals surface area (Å²) in [7, 11) is 0. The highest BCUT2D eigenvalue weighted by Crippen LogP contribution is 2.26. The number of hydrogen-bond donors (Lipinski definition) is 0. The van der Waals surface area contributed by atoms with E-state index >= 15 is 0 Å². The molecule has 0 bridgehead atoms. The van der Waals surface area contributed by atoms with Crippen molar-refractivity contribution >= 4 is 5.91 Å². The lowest BCUT2D eigenvalue weighted by molar-refractivity contribution is -0.138. The summed E-state index contributed by atoms with van der Waals surface area (Å²) in [6.07, 6.45) is 4.87. The Hall–Kier alpha value is -2.17. The average molecular weight is 354 g/mol. The summed E-state index contributed by atoms with van der Waals surface area (Å²) < 4.78 is 2.02. The van der Waals surface area contributed by atoms with Crippen molar-refractivity contribution in [3.8, 4) is 11.4 Å². The van der Waals surface area contributed by atoms with Crippen molar-refractivity contribution in [1.29, 1.82) is 0 Å². The Morgan fingerprint density at radius 3 is 2.81 bits per heavy atom. The molecule has 0 saturated carbocycles. The van der Waals surface area contributed by atoms with Crippen LogP contribution in [0.15, 0.2) is 30.5 Å². The molecule has 1 atom stereocenters. The fraction of sp³-hybridized carbons (Fsp3) is 0.571. The van der Waals surface area contributed by atoms with Crippen molar-refractivity contribution in [3.63, 3.8) is 0 Å². The van der Waals surface area contributed by atoms with Crippen LogP contribution >= 0.6 is 0 Å². The number of nitrogens with zero attached hydrogens (tertiary/aromatic N) is 4. The van der Waals surface area contributed by atoms with Gasteiger partial charge in [0.15, 0.2) is 0 Å². The predicted octanol–water partition coefficient (Wildman–Crippen LogP) is 3.79. The Kier molecular flexibility index (Phi) is 5.44. The van der Waals surface area contributed by atoms with Crippen molar-refractivity contribution in [1.82, 2.24) is 19.7 Å². The molecule has 3 heterocycles. The molecule has 1 aliphatic heterocycles. The predicted molar refractivity (Wildman–Crippen MR) is 104 cm³/mol. The zero-order chi connectivity index (χ0) is 18.7. The highest BCUT2D eigenvalue weighted by atomic mass is 16.2. The van der Waals surface area contributed by atoms with E-state index in [9.17, 15) is 4.79 Å². The number of rotatable bonds is 5. The summed E-state index contributed by atoms with van der Waals surface area (Å²) in [5.74, 6) is 0.745. The lowest BCUT2D eigenvalue weighted by Crippen LogP contribution is -2.38. The second kappa shape index (κ2) is 7.60. The molecule has 1 aliphatic rings. The van der Waals surface area contributed by atoms with Crippen LogP contribution in [-0.2, 0) is 17.8 Å². The van der Waals surface area contributed by atoms with E-state index < -0.39 is 0 Å². The molecule has 0 unspecified atom stereocenters. The first-order chi connectivity index (χ1) is 12.4. The van der Waals surface area contributed by atoms with E-state index in [4.69, 9.17) is 4.98 Å². The molecule has 3 rings (SSSR count). The van der Waals surface area contributed by atoms with Crippen molar-refractivity contribution in [3.05, 3.63) is 36.2 Å². The van der Waals surface area contributed by atoms with Crippen LogP contribution in [0.25, 0.3) is 11.4 Å². The van der Waals surface area contributed by atoms with Gasteiger partial charge in [0.2, 0.25) is 5.91 Å². The van der Waals surface area contributed by atoms with Gasteiger partial charge < -0.3 is 4.90 Å². The van der Waals surface area contributed by atoms with Crippen LogP contribution < -0.4 is 0 Å². The van der Waals surface area contributed by atoms with Gasteiger partial charge in [0, 0.05) is 36.9 Å². The highest BCUT2D eigenvalue weighted by Gasteiger charge is 2.32. The fourth-order valence-corrected chi connectivity index (χ4v) is 3.63. The standard InChI is InChI=1S/C21H30N4O/c1-5-12-25-19(9-11-22-25)18-8-6-7-17(23-18)14-16-10-13-24(15-16)20(26)21(2,3)4/h6-9,11,16H,5,10,12-15H2,1-4H3/t16-/m1/s1. The third-order valence-corrected chi connectivity index (χ3v) is 4.93. The van der Waals surface area contributed by atoms with E-state index in [2.05, 4.69) is 30.2 Å². The smallest absolute Gasteiger partial charge is 0.227 e. The minimum absolute atomic E-state index is 0.255. The first-order valence-corrected chi connectivity index (χ1v) is 9.66. The maximum absolute atomic E-state index is 12.5. The monoisotopic (exact) mass is 354 g/mol. The molecular formula is C21H30N4O. The summed E-state index contributed by atoms with van der Waals surface area (Å²) in [5.41, 5.74) is 2.85. The normalized spacial score (nSPS) is 17.7. The van der Waals surface area contributed by atoms with Crippen LogP contribution in [0.4, 0.5) is 0 Å². The maximum atomic E-state index is 12.5. The molecule has 140 valence electrons. The van der Waals surface area contributed by atoms with E-state index in [0.29, 0.717) is 5.92 Å². The summed E-state index contributed by atoms with van der Waals surface area (Å²) in [6, 6.07) is 8.25. The van der Waals surface area contributed by atoms with Crippen molar-refractivity contribution in [2.24, 2.45) is 11.3 Å². The van der Waals surface area contributed by atoms with Crippen LogP contribution in [0, 0.1) is 11.3 Å². The number of amides is 1. The zero-order valence-electron chi connectivity index (χ0n) is 16.4. The van der Waals surface area contributed by atoms with Crippen molar-refractivity contribution in [2.45, 2.75) is 53.5 Å². The fourth-order valence-electron chi connectivity index (χ4n) is 3.63. The molecule has 0 N–H and O–H groups in total. The lowest BCUT2D eigenvalue weighted by atomic mass is 9.95. The lowest BCUT2D eigenvalue weighted by Gasteiger charge is -2.25. The Morgan fingerprint density at radius 1 is 1.27 bits per heavy atom. The Bertz CT molecular complexity index is 759. The van der Waals surface area contributed by atoms with Crippen LogP contribution in [0.5, 0.6) is 0 Å². The number of hydrogen-bond acceptors (Lipinski definition) is 3. The second-order valence-electron chi connectivity index (χ2n) is 8.31. The molecule has 0 aromatic carbocycles. The van der Waals surface area contributed by atoms with Gasteiger partial charge in [-0.05, 0) is 43.4 Å². The Morgan fingerprint density at radius 2 is 2.08 bits per heavy atom. The number of carbonyl (C=O) groups excluding carboxylic acids is 1. The zero-order valence-corrected chi connectivity index (χ0v) is 16.4. The molecule has 2 aromatic rings.